The number of hydrogen-bond donors (Lipinski definition) is 0. The number of rotatable bonds is 4. The van der Waals surface area contributed by atoms with Crippen molar-refractivity contribution >= 4 is 11.8 Å². The van der Waals surface area contributed by atoms with Crippen LogP contribution >= 0.6 is 0 Å². The topological polar surface area (TPSA) is 42.4 Å². The van der Waals surface area contributed by atoms with Crippen LogP contribution in [0.4, 0.5) is 5.82 Å². The van der Waals surface area contributed by atoms with Gasteiger partial charge in [-0.3, -0.25) is 4.79 Å². The smallest absolute Gasteiger partial charge is 0.310 e. The van der Waals surface area contributed by atoms with E-state index in [-0.39, 0.29) is 11.9 Å². The standard InChI is InChI=1S/C19H26N2O2/c1-2-23-18(22)14-5-4-10-21(13-14)17-8-7-16(12-20-17)19-9-3-6-15(19)11-19/h7-8,12,14-15H,2-6,9-11,13H2,1H3. The van der Waals surface area contributed by atoms with Gasteiger partial charge in [-0.05, 0) is 62.0 Å². The summed E-state index contributed by atoms with van der Waals surface area (Å²) in [4.78, 5) is 19.0. The zero-order valence-corrected chi connectivity index (χ0v) is 14.0. The third-order valence-electron chi connectivity index (χ3n) is 6.10. The highest BCUT2D eigenvalue weighted by Gasteiger charge is 2.57. The number of pyridine rings is 1. The average Bonchev–Trinajstić information content (AvgIpc) is 3.16. The van der Waals surface area contributed by atoms with Gasteiger partial charge in [0, 0.05) is 19.3 Å². The zero-order valence-electron chi connectivity index (χ0n) is 14.0. The molecule has 23 heavy (non-hydrogen) atoms. The number of carbonyl (C=O) groups is 1. The van der Waals surface area contributed by atoms with Crippen molar-refractivity contribution in [3.63, 3.8) is 0 Å². The lowest BCUT2D eigenvalue weighted by Gasteiger charge is -2.32. The van der Waals surface area contributed by atoms with E-state index in [2.05, 4.69) is 23.2 Å². The van der Waals surface area contributed by atoms with Gasteiger partial charge in [0.2, 0.25) is 0 Å². The summed E-state index contributed by atoms with van der Waals surface area (Å²) < 4.78 is 5.18. The van der Waals surface area contributed by atoms with Crippen LogP contribution in [0.1, 0.15) is 51.0 Å². The minimum absolute atomic E-state index is 0.00795. The lowest BCUT2D eigenvalue weighted by Crippen LogP contribution is -2.39. The number of piperidine rings is 1. The van der Waals surface area contributed by atoms with Crippen molar-refractivity contribution in [2.75, 3.05) is 24.6 Å². The van der Waals surface area contributed by atoms with Gasteiger partial charge in [0.05, 0.1) is 12.5 Å². The van der Waals surface area contributed by atoms with Crippen LogP contribution in [0.15, 0.2) is 18.3 Å². The van der Waals surface area contributed by atoms with Crippen molar-refractivity contribution < 1.29 is 9.53 Å². The van der Waals surface area contributed by atoms with E-state index >= 15 is 0 Å². The van der Waals surface area contributed by atoms with Crippen LogP contribution in [-0.2, 0) is 14.9 Å². The molecule has 124 valence electrons. The van der Waals surface area contributed by atoms with E-state index in [9.17, 15) is 4.79 Å². The van der Waals surface area contributed by atoms with Gasteiger partial charge in [-0.25, -0.2) is 4.98 Å². The molecule has 4 rings (SSSR count). The molecule has 1 aromatic rings. The fourth-order valence-electron chi connectivity index (χ4n) is 4.73. The Morgan fingerprint density at radius 1 is 1.39 bits per heavy atom. The molecule has 0 spiro atoms. The number of hydrogen-bond acceptors (Lipinski definition) is 4. The van der Waals surface area contributed by atoms with E-state index in [0.717, 1.165) is 37.7 Å². The molecule has 0 aromatic carbocycles. The second kappa shape index (κ2) is 5.81. The van der Waals surface area contributed by atoms with Crippen molar-refractivity contribution in [1.82, 2.24) is 4.98 Å². The zero-order chi connectivity index (χ0) is 15.9. The van der Waals surface area contributed by atoms with Crippen molar-refractivity contribution in [3.8, 4) is 0 Å². The maximum atomic E-state index is 12.0. The Hall–Kier alpha value is -1.58. The van der Waals surface area contributed by atoms with Crippen molar-refractivity contribution in [3.05, 3.63) is 23.9 Å². The molecule has 3 atom stereocenters. The third kappa shape index (κ3) is 2.62. The highest BCUT2D eigenvalue weighted by molar-refractivity contribution is 5.73. The Morgan fingerprint density at radius 3 is 2.96 bits per heavy atom. The van der Waals surface area contributed by atoms with Gasteiger partial charge in [-0.15, -0.1) is 0 Å². The molecule has 0 bridgehead atoms. The molecule has 0 radical (unpaired) electrons. The van der Waals surface area contributed by atoms with E-state index in [1.165, 1.54) is 31.2 Å². The number of esters is 1. The fraction of sp³-hybridized carbons (Fsp3) is 0.684. The molecular weight excluding hydrogens is 288 g/mol. The lowest BCUT2D eigenvalue weighted by molar-refractivity contribution is -0.148. The number of carbonyl (C=O) groups excluding carboxylic acids is 1. The second-order valence-corrected chi connectivity index (χ2v) is 7.39. The normalized spacial score (nSPS) is 32.5. The maximum absolute atomic E-state index is 12.0. The molecule has 3 unspecified atom stereocenters. The molecule has 3 fully saturated rings. The van der Waals surface area contributed by atoms with Crippen molar-refractivity contribution in [1.29, 1.82) is 0 Å². The molecule has 1 aromatic heterocycles. The van der Waals surface area contributed by atoms with E-state index in [1.54, 1.807) is 0 Å². The van der Waals surface area contributed by atoms with Crippen LogP contribution in [0.5, 0.6) is 0 Å². The van der Waals surface area contributed by atoms with Crippen molar-refractivity contribution in [2.24, 2.45) is 11.8 Å². The predicted octanol–water partition coefficient (Wildman–Crippen LogP) is 3.30. The highest BCUT2D eigenvalue weighted by atomic mass is 16.5. The van der Waals surface area contributed by atoms with Gasteiger partial charge in [0.1, 0.15) is 5.82 Å². The predicted molar refractivity (Wildman–Crippen MR) is 89.4 cm³/mol. The Labute approximate surface area is 138 Å². The van der Waals surface area contributed by atoms with E-state index < -0.39 is 0 Å². The number of nitrogens with zero attached hydrogens (tertiary/aromatic N) is 2. The SMILES string of the molecule is CCOC(=O)C1CCCN(c2ccc(C34CCCC3C4)cn2)C1. The van der Waals surface area contributed by atoms with Gasteiger partial charge < -0.3 is 9.64 Å². The minimum Gasteiger partial charge on any atom is -0.466 e. The van der Waals surface area contributed by atoms with Gasteiger partial charge in [-0.2, -0.15) is 0 Å². The molecule has 2 aliphatic carbocycles. The molecule has 2 saturated carbocycles. The first-order valence-corrected chi connectivity index (χ1v) is 9.11. The van der Waals surface area contributed by atoms with Gasteiger partial charge in [0.15, 0.2) is 0 Å². The summed E-state index contributed by atoms with van der Waals surface area (Å²) in [6.07, 6.45) is 9.52. The first-order chi connectivity index (χ1) is 11.2. The molecule has 1 saturated heterocycles. The quantitative estimate of drug-likeness (QED) is 0.800. The summed E-state index contributed by atoms with van der Waals surface area (Å²) in [7, 11) is 0. The molecule has 1 aliphatic heterocycles. The van der Waals surface area contributed by atoms with Gasteiger partial charge in [-0.1, -0.05) is 12.5 Å². The summed E-state index contributed by atoms with van der Waals surface area (Å²) >= 11 is 0. The Balaban J connectivity index is 1.44. The van der Waals surface area contributed by atoms with E-state index in [1.807, 2.05) is 6.92 Å². The van der Waals surface area contributed by atoms with Crippen LogP contribution in [0.3, 0.4) is 0 Å². The minimum atomic E-state index is -0.0560. The summed E-state index contributed by atoms with van der Waals surface area (Å²) in [6, 6.07) is 4.44. The lowest BCUT2D eigenvalue weighted by atomic mass is 9.94. The molecule has 4 heteroatoms. The molecule has 3 aliphatic rings. The Kier molecular flexibility index (Phi) is 3.78. The molecule has 4 nitrogen and oxygen atoms in total. The number of aromatic nitrogens is 1. The van der Waals surface area contributed by atoms with Crippen LogP contribution < -0.4 is 4.90 Å². The molecular formula is C19H26N2O2. The van der Waals surface area contributed by atoms with Crippen molar-refractivity contribution in [2.45, 2.75) is 50.9 Å². The number of ether oxygens (including phenoxy) is 1. The average molecular weight is 314 g/mol. The molecule has 2 heterocycles. The maximum Gasteiger partial charge on any atom is 0.310 e. The monoisotopic (exact) mass is 314 g/mol. The first kappa shape index (κ1) is 15.0. The summed E-state index contributed by atoms with van der Waals surface area (Å²) in [5, 5.41) is 0. The summed E-state index contributed by atoms with van der Waals surface area (Å²) in [6.45, 7) is 4.05. The first-order valence-electron chi connectivity index (χ1n) is 9.11. The molecule has 0 amide bonds. The summed E-state index contributed by atoms with van der Waals surface area (Å²) in [5.41, 5.74) is 1.91. The van der Waals surface area contributed by atoms with Gasteiger partial charge in [0.25, 0.3) is 0 Å². The van der Waals surface area contributed by atoms with Crippen LogP contribution in [0.2, 0.25) is 0 Å². The largest absolute Gasteiger partial charge is 0.466 e. The highest BCUT2D eigenvalue weighted by Crippen LogP contribution is 2.64. The number of anilines is 1. The Morgan fingerprint density at radius 2 is 2.30 bits per heavy atom. The number of fused-ring (bicyclic) bond motifs is 1. The van der Waals surface area contributed by atoms with E-state index in [4.69, 9.17) is 9.72 Å². The molecule has 0 N–H and O–H groups in total. The van der Waals surface area contributed by atoms with E-state index in [0.29, 0.717) is 12.0 Å². The Bertz CT molecular complexity index is 586. The second-order valence-electron chi connectivity index (χ2n) is 7.39. The van der Waals surface area contributed by atoms with Gasteiger partial charge >= 0.3 is 5.97 Å². The summed E-state index contributed by atoms with van der Waals surface area (Å²) in [5.74, 6) is 1.86. The van der Waals surface area contributed by atoms with Crippen LogP contribution in [0, 0.1) is 11.8 Å². The van der Waals surface area contributed by atoms with Crippen LogP contribution in [-0.4, -0.2) is 30.6 Å². The van der Waals surface area contributed by atoms with Crippen LogP contribution in [0.25, 0.3) is 0 Å². The third-order valence-corrected chi connectivity index (χ3v) is 6.10. The fourth-order valence-corrected chi connectivity index (χ4v) is 4.73.